The minimum atomic E-state index is -0.238. The Balaban J connectivity index is 1.63. The Kier molecular flexibility index (Phi) is 5.46. The quantitative estimate of drug-likeness (QED) is 0.738. The predicted molar refractivity (Wildman–Crippen MR) is 99.9 cm³/mol. The number of nitrogens with one attached hydrogen (secondary N) is 1. The van der Waals surface area contributed by atoms with E-state index >= 15 is 0 Å². The molecule has 134 valence electrons. The number of aromatic nitrogens is 2. The van der Waals surface area contributed by atoms with Gasteiger partial charge in [0.1, 0.15) is 5.82 Å². The number of hydrogen-bond donors (Lipinski definition) is 1. The van der Waals surface area contributed by atoms with Crippen molar-refractivity contribution in [2.75, 3.05) is 6.54 Å². The molecule has 1 aromatic heterocycles. The van der Waals surface area contributed by atoms with E-state index in [2.05, 4.69) is 10.4 Å². The van der Waals surface area contributed by atoms with Crippen LogP contribution in [-0.4, -0.2) is 22.2 Å². The zero-order valence-corrected chi connectivity index (χ0v) is 15.0. The zero-order chi connectivity index (χ0) is 18.5. The van der Waals surface area contributed by atoms with Gasteiger partial charge in [-0.15, -0.1) is 0 Å². The van der Waals surface area contributed by atoms with Crippen LogP contribution in [0.2, 0.25) is 0 Å². The molecule has 0 aliphatic rings. The monoisotopic (exact) mass is 351 g/mol. The molecule has 2 aromatic carbocycles. The molecule has 0 fully saturated rings. The van der Waals surface area contributed by atoms with Gasteiger partial charge in [-0.05, 0) is 44.0 Å². The number of rotatable bonds is 6. The summed E-state index contributed by atoms with van der Waals surface area (Å²) in [5.74, 6) is -0.322. The van der Waals surface area contributed by atoms with Crippen LogP contribution in [0.1, 0.15) is 22.5 Å². The Morgan fingerprint density at radius 1 is 1.08 bits per heavy atom. The van der Waals surface area contributed by atoms with Gasteiger partial charge in [-0.25, -0.2) is 9.07 Å². The molecule has 0 radical (unpaired) electrons. The highest BCUT2D eigenvalue weighted by Gasteiger charge is 2.15. The van der Waals surface area contributed by atoms with Gasteiger partial charge in [0.2, 0.25) is 5.91 Å². The summed E-state index contributed by atoms with van der Waals surface area (Å²) in [6.07, 6.45) is 0.738. The van der Waals surface area contributed by atoms with Crippen molar-refractivity contribution < 1.29 is 9.18 Å². The molecule has 0 aliphatic heterocycles. The number of amides is 1. The molecule has 1 amide bonds. The van der Waals surface area contributed by atoms with Crippen LogP contribution in [0.4, 0.5) is 4.39 Å². The van der Waals surface area contributed by atoms with Gasteiger partial charge >= 0.3 is 0 Å². The Labute approximate surface area is 152 Å². The highest BCUT2D eigenvalue weighted by molar-refractivity contribution is 5.79. The first-order valence-corrected chi connectivity index (χ1v) is 8.67. The fourth-order valence-corrected chi connectivity index (χ4v) is 3.01. The SMILES string of the molecule is Cc1nn(-c2ccccc2)c(C)c1CC(=O)NCCc1ccccc1F. The van der Waals surface area contributed by atoms with Crippen LogP contribution >= 0.6 is 0 Å². The summed E-state index contributed by atoms with van der Waals surface area (Å²) < 4.78 is 15.5. The van der Waals surface area contributed by atoms with Crippen LogP contribution in [0.15, 0.2) is 54.6 Å². The van der Waals surface area contributed by atoms with E-state index in [0.717, 1.165) is 22.6 Å². The summed E-state index contributed by atoms with van der Waals surface area (Å²) in [7, 11) is 0. The molecule has 3 rings (SSSR count). The van der Waals surface area contributed by atoms with Crippen molar-refractivity contribution >= 4 is 5.91 Å². The minimum absolute atomic E-state index is 0.0832. The van der Waals surface area contributed by atoms with Crippen molar-refractivity contribution in [1.82, 2.24) is 15.1 Å². The summed E-state index contributed by atoms with van der Waals surface area (Å²) in [4.78, 5) is 12.3. The smallest absolute Gasteiger partial charge is 0.224 e. The molecule has 0 atom stereocenters. The Morgan fingerprint density at radius 2 is 1.77 bits per heavy atom. The highest BCUT2D eigenvalue weighted by Crippen LogP contribution is 2.18. The minimum Gasteiger partial charge on any atom is -0.355 e. The van der Waals surface area contributed by atoms with Gasteiger partial charge in [-0.1, -0.05) is 36.4 Å². The van der Waals surface area contributed by atoms with Gasteiger partial charge in [0.25, 0.3) is 0 Å². The van der Waals surface area contributed by atoms with E-state index in [0.29, 0.717) is 18.5 Å². The number of nitrogens with zero attached hydrogens (tertiary/aromatic N) is 2. The molecule has 0 spiro atoms. The summed E-state index contributed by atoms with van der Waals surface area (Å²) in [5.41, 5.74) is 4.31. The van der Waals surface area contributed by atoms with E-state index in [4.69, 9.17) is 0 Å². The average Bonchev–Trinajstić information content (AvgIpc) is 2.92. The van der Waals surface area contributed by atoms with Crippen molar-refractivity contribution in [2.45, 2.75) is 26.7 Å². The lowest BCUT2D eigenvalue weighted by atomic mass is 10.1. The highest BCUT2D eigenvalue weighted by atomic mass is 19.1. The Hall–Kier alpha value is -2.95. The molecule has 1 heterocycles. The number of aryl methyl sites for hydroxylation is 1. The molecule has 0 aliphatic carbocycles. The first kappa shape index (κ1) is 17.9. The van der Waals surface area contributed by atoms with Crippen LogP contribution in [-0.2, 0) is 17.6 Å². The topological polar surface area (TPSA) is 46.9 Å². The second-order valence-corrected chi connectivity index (χ2v) is 6.26. The number of para-hydroxylation sites is 1. The second kappa shape index (κ2) is 7.95. The van der Waals surface area contributed by atoms with Crippen molar-refractivity contribution in [2.24, 2.45) is 0 Å². The Bertz CT molecular complexity index is 903. The van der Waals surface area contributed by atoms with Crippen LogP contribution in [0, 0.1) is 19.7 Å². The first-order chi connectivity index (χ1) is 12.6. The Morgan fingerprint density at radius 3 is 2.50 bits per heavy atom. The van der Waals surface area contributed by atoms with Crippen LogP contribution in [0.5, 0.6) is 0 Å². The third kappa shape index (κ3) is 3.99. The summed E-state index contributed by atoms with van der Waals surface area (Å²) in [6.45, 7) is 4.29. The normalized spacial score (nSPS) is 10.7. The van der Waals surface area contributed by atoms with Crippen molar-refractivity contribution in [1.29, 1.82) is 0 Å². The van der Waals surface area contributed by atoms with Crippen molar-refractivity contribution in [3.63, 3.8) is 0 Å². The van der Waals surface area contributed by atoms with Gasteiger partial charge in [-0.2, -0.15) is 5.10 Å². The van der Waals surface area contributed by atoms with Gasteiger partial charge in [0.05, 0.1) is 17.8 Å². The number of halogens is 1. The van der Waals surface area contributed by atoms with E-state index in [-0.39, 0.29) is 18.1 Å². The van der Waals surface area contributed by atoms with Crippen LogP contribution < -0.4 is 5.32 Å². The average molecular weight is 351 g/mol. The number of benzene rings is 2. The number of carbonyl (C=O) groups excluding carboxylic acids is 1. The van der Waals surface area contributed by atoms with E-state index < -0.39 is 0 Å². The summed E-state index contributed by atoms with van der Waals surface area (Å²) in [6, 6.07) is 16.5. The zero-order valence-electron chi connectivity index (χ0n) is 15.0. The molecule has 0 saturated carbocycles. The lowest BCUT2D eigenvalue weighted by Gasteiger charge is -2.07. The van der Waals surface area contributed by atoms with Crippen molar-refractivity contribution in [3.05, 3.63) is 82.9 Å². The number of hydrogen-bond acceptors (Lipinski definition) is 2. The van der Waals surface area contributed by atoms with E-state index in [9.17, 15) is 9.18 Å². The lowest BCUT2D eigenvalue weighted by molar-refractivity contribution is -0.120. The van der Waals surface area contributed by atoms with Crippen LogP contribution in [0.3, 0.4) is 0 Å². The molecule has 0 saturated heterocycles. The molecule has 0 unspecified atom stereocenters. The predicted octanol–water partition coefficient (Wildman–Crippen LogP) is 3.53. The molecule has 1 N–H and O–H groups in total. The van der Waals surface area contributed by atoms with Gasteiger partial charge < -0.3 is 5.32 Å². The third-order valence-corrected chi connectivity index (χ3v) is 4.45. The van der Waals surface area contributed by atoms with E-state index in [1.165, 1.54) is 6.07 Å². The molecule has 0 bridgehead atoms. The van der Waals surface area contributed by atoms with E-state index in [1.54, 1.807) is 18.2 Å². The van der Waals surface area contributed by atoms with E-state index in [1.807, 2.05) is 48.9 Å². The molecule has 26 heavy (non-hydrogen) atoms. The number of carbonyl (C=O) groups is 1. The largest absolute Gasteiger partial charge is 0.355 e. The maximum Gasteiger partial charge on any atom is 0.224 e. The van der Waals surface area contributed by atoms with Gasteiger partial charge in [0.15, 0.2) is 0 Å². The summed E-state index contributed by atoms with van der Waals surface area (Å²) in [5, 5.41) is 7.43. The summed E-state index contributed by atoms with van der Waals surface area (Å²) >= 11 is 0. The third-order valence-electron chi connectivity index (χ3n) is 4.45. The van der Waals surface area contributed by atoms with Gasteiger partial charge in [-0.3, -0.25) is 4.79 Å². The maximum atomic E-state index is 13.6. The molecule has 5 heteroatoms. The molecule has 3 aromatic rings. The fraction of sp³-hybridized carbons (Fsp3) is 0.238. The lowest BCUT2D eigenvalue weighted by Crippen LogP contribution is -2.27. The first-order valence-electron chi connectivity index (χ1n) is 8.67. The van der Waals surface area contributed by atoms with Gasteiger partial charge in [0, 0.05) is 17.8 Å². The maximum absolute atomic E-state index is 13.6. The standard InChI is InChI=1S/C21H22FN3O/c1-15-19(16(2)25(24-15)18-9-4-3-5-10-18)14-21(26)23-13-12-17-8-6-7-11-20(17)22/h3-11H,12-14H2,1-2H3,(H,23,26). The molecular weight excluding hydrogens is 329 g/mol. The molecule has 4 nitrogen and oxygen atoms in total. The molecular formula is C21H22FN3O. The fourth-order valence-electron chi connectivity index (χ4n) is 3.01. The van der Waals surface area contributed by atoms with Crippen LogP contribution in [0.25, 0.3) is 5.69 Å². The van der Waals surface area contributed by atoms with Crippen molar-refractivity contribution in [3.8, 4) is 5.69 Å². The second-order valence-electron chi connectivity index (χ2n) is 6.26.